The standard InChI is InChI=1S/C9H16N4O3S/c1-8-6-11-9(16-8)7-12-17(14,15)13-4-2-10-3-5-13/h6,10,12H,2-5,7H2,1H3. The molecule has 0 aliphatic carbocycles. The molecule has 1 aliphatic rings. The number of piperazine rings is 1. The molecule has 96 valence electrons. The molecule has 0 aromatic carbocycles. The summed E-state index contributed by atoms with van der Waals surface area (Å²) in [6, 6.07) is 0. The van der Waals surface area contributed by atoms with Gasteiger partial charge in [0.15, 0.2) is 0 Å². The van der Waals surface area contributed by atoms with Gasteiger partial charge < -0.3 is 9.73 Å². The van der Waals surface area contributed by atoms with Gasteiger partial charge in [-0.3, -0.25) is 0 Å². The van der Waals surface area contributed by atoms with E-state index in [1.54, 1.807) is 13.1 Å². The summed E-state index contributed by atoms with van der Waals surface area (Å²) >= 11 is 0. The van der Waals surface area contributed by atoms with Crippen LogP contribution in [-0.4, -0.2) is 43.9 Å². The number of nitrogens with zero attached hydrogens (tertiary/aromatic N) is 2. The molecule has 2 N–H and O–H groups in total. The first kappa shape index (κ1) is 12.5. The van der Waals surface area contributed by atoms with Gasteiger partial charge in [0.1, 0.15) is 5.76 Å². The number of aryl methyl sites for hydroxylation is 1. The molecule has 0 amide bonds. The molecule has 2 heterocycles. The molecule has 1 saturated heterocycles. The first-order valence-electron chi connectivity index (χ1n) is 5.45. The van der Waals surface area contributed by atoms with E-state index in [4.69, 9.17) is 4.42 Å². The Labute approximate surface area is 100 Å². The molecule has 1 aliphatic heterocycles. The summed E-state index contributed by atoms with van der Waals surface area (Å²) in [4.78, 5) is 3.94. The number of rotatable bonds is 4. The highest BCUT2D eigenvalue weighted by Gasteiger charge is 2.23. The fourth-order valence-electron chi connectivity index (χ4n) is 1.61. The predicted octanol–water partition coefficient (Wildman–Crippen LogP) is -0.777. The molecule has 0 atom stereocenters. The van der Waals surface area contributed by atoms with Crippen molar-refractivity contribution in [1.82, 2.24) is 19.3 Å². The van der Waals surface area contributed by atoms with Crippen molar-refractivity contribution in [3.63, 3.8) is 0 Å². The van der Waals surface area contributed by atoms with Gasteiger partial charge in [0.2, 0.25) is 5.89 Å². The van der Waals surface area contributed by atoms with Crippen molar-refractivity contribution in [2.24, 2.45) is 0 Å². The van der Waals surface area contributed by atoms with Crippen molar-refractivity contribution in [3.8, 4) is 0 Å². The molecule has 8 heteroatoms. The van der Waals surface area contributed by atoms with Gasteiger partial charge in [-0.05, 0) is 6.92 Å². The van der Waals surface area contributed by atoms with Gasteiger partial charge in [0, 0.05) is 26.2 Å². The Morgan fingerprint density at radius 3 is 2.82 bits per heavy atom. The molecule has 2 rings (SSSR count). The van der Waals surface area contributed by atoms with Crippen molar-refractivity contribution >= 4 is 10.2 Å². The maximum absolute atomic E-state index is 11.9. The van der Waals surface area contributed by atoms with Gasteiger partial charge >= 0.3 is 0 Å². The summed E-state index contributed by atoms with van der Waals surface area (Å²) in [5.41, 5.74) is 0. The number of nitrogens with one attached hydrogen (secondary N) is 2. The van der Waals surface area contributed by atoms with Crippen LogP contribution >= 0.6 is 0 Å². The predicted molar refractivity (Wildman–Crippen MR) is 61.4 cm³/mol. The second-order valence-electron chi connectivity index (χ2n) is 3.84. The topological polar surface area (TPSA) is 87.5 Å². The smallest absolute Gasteiger partial charge is 0.280 e. The van der Waals surface area contributed by atoms with Crippen LogP contribution in [0.4, 0.5) is 0 Å². The minimum absolute atomic E-state index is 0.0834. The van der Waals surface area contributed by atoms with Crippen molar-refractivity contribution in [2.45, 2.75) is 13.5 Å². The van der Waals surface area contributed by atoms with Gasteiger partial charge in [0.05, 0.1) is 12.7 Å². The van der Waals surface area contributed by atoms with Crippen LogP contribution in [0.5, 0.6) is 0 Å². The minimum Gasteiger partial charge on any atom is -0.445 e. The third kappa shape index (κ3) is 3.25. The average molecular weight is 260 g/mol. The van der Waals surface area contributed by atoms with Crippen molar-refractivity contribution < 1.29 is 12.8 Å². The van der Waals surface area contributed by atoms with Gasteiger partial charge in [-0.25, -0.2) is 4.98 Å². The molecule has 1 fully saturated rings. The van der Waals surface area contributed by atoms with E-state index >= 15 is 0 Å². The number of hydrogen-bond donors (Lipinski definition) is 2. The number of hydrogen-bond acceptors (Lipinski definition) is 5. The summed E-state index contributed by atoms with van der Waals surface area (Å²) in [7, 11) is -3.43. The second-order valence-corrected chi connectivity index (χ2v) is 5.60. The summed E-state index contributed by atoms with van der Waals surface area (Å²) in [6.45, 7) is 4.18. The van der Waals surface area contributed by atoms with E-state index in [1.807, 2.05) is 0 Å². The van der Waals surface area contributed by atoms with Gasteiger partial charge in [-0.2, -0.15) is 17.4 Å². The minimum atomic E-state index is -3.43. The lowest BCUT2D eigenvalue weighted by atomic mass is 10.4. The van der Waals surface area contributed by atoms with E-state index in [0.29, 0.717) is 37.8 Å². The zero-order chi connectivity index (χ0) is 12.3. The Morgan fingerprint density at radius 1 is 1.53 bits per heavy atom. The van der Waals surface area contributed by atoms with Crippen LogP contribution in [0.3, 0.4) is 0 Å². The largest absolute Gasteiger partial charge is 0.445 e. The number of aromatic nitrogens is 1. The molecule has 0 saturated carbocycles. The van der Waals surface area contributed by atoms with E-state index in [2.05, 4.69) is 15.0 Å². The lowest BCUT2D eigenvalue weighted by molar-refractivity contribution is 0.352. The molecule has 1 aromatic rings. The van der Waals surface area contributed by atoms with Crippen molar-refractivity contribution in [1.29, 1.82) is 0 Å². The Balaban J connectivity index is 1.92. The first-order chi connectivity index (χ1) is 8.08. The highest BCUT2D eigenvalue weighted by atomic mass is 32.2. The second kappa shape index (κ2) is 5.13. The first-order valence-corrected chi connectivity index (χ1v) is 6.89. The Hall–Kier alpha value is -0.960. The van der Waals surface area contributed by atoms with Crippen LogP contribution in [-0.2, 0) is 16.8 Å². The van der Waals surface area contributed by atoms with Crippen molar-refractivity contribution in [2.75, 3.05) is 26.2 Å². The molecule has 0 radical (unpaired) electrons. The van der Waals surface area contributed by atoms with E-state index < -0.39 is 10.2 Å². The average Bonchev–Trinajstić information content (AvgIpc) is 2.74. The van der Waals surface area contributed by atoms with E-state index in [-0.39, 0.29) is 6.54 Å². The molecule has 0 spiro atoms. The summed E-state index contributed by atoms with van der Waals surface area (Å²) in [5.74, 6) is 1.04. The van der Waals surface area contributed by atoms with Gasteiger partial charge in [-0.1, -0.05) is 0 Å². The van der Waals surface area contributed by atoms with Crippen LogP contribution in [0.25, 0.3) is 0 Å². The third-order valence-electron chi connectivity index (χ3n) is 2.49. The third-order valence-corrected chi connectivity index (χ3v) is 4.04. The van der Waals surface area contributed by atoms with E-state index in [0.717, 1.165) is 0 Å². The molecule has 7 nitrogen and oxygen atoms in total. The normalized spacial score (nSPS) is 18.4. The molecule has 17 heavy (non-hydrogen) atoms. The lowest BCUT2D eigenvalue weighted by Crippen LogP contribution is -2.50. The molecular formula is C9H16N4O3S. The highest BCUT2D eigenvalue weighted by molar-refractivity contribution is 7.87. The van der Waals surface area contributed by atoms with Gasteiger partial charge in [0.25, 0.3) is 10.2 Å². The molecule has 0 bridgehead atoms. The fraction of sp³-hybridized carbons (Fsp3) is 0.667. The Kier molecular flexibility index (Phi) is 3.77. The van der Waals surface area contributed by atoms with Crippen LogP contribution in [0, 0.1) is 6.92 Å². The summed E-state index contributed by atoms with van der Waals surface area (Å²) in [5, 5.41) is 3.10. The SMILES string of the molecule is Cc1cnc(CNS(=O)(=O)N2CCNCC2)o1. The van der Waals surface area contributed by atoms with Gasteiger partial charge in [-0.15, -0.1) is 0 Å². The number of oxazole rings is 1. The zero-order valence-electron chi connectivity index (χ0n) is 9.64. The van der Waals surface area contributed by atoms with E-state index in [9.17, 15) is 8.42 Å². The lowest BCUT2D eigenvalue weighted by Gasteiger charge is -2.26. The maximum Gasteiger partial charge on any atom is 0.280 e. The Morgan fingerprint density at radius 2 is 2.24 bits per heavy atom. The Bertz CT molecular complexity index is 464. The highest BCUT2D eigenvalue weighted by Crippen LogP contribution is 2.04. The zero-order valence-corrected chi connectivity index (χ0v) is 10.5. The molecule has 0 unspecified atom stereocenters. The maximum atomic E-state index is 11.9. The molecule has 1 aromatic heterocycles. The van der Waals surface area contributed by atoms with Crippen LogP contribution in [0.15, 0.2) is 10.6 Å². The van der Waals surface area contributed by atoms with Crippen molar-refractivity contribution in [3.05, 3.63) is 17.8 Å². The monoisotopic (exact) mass is 260 g/mol. The summed E-state index contributed by atoms with van der Waals surface area (Å²) in [6.07, 6.45) is 1.56. The summed E-state index contributed by atoms with van der Waals surface area (Å²) < 4.78 is 32.9. The van der Waals surface area contributed by atoms with E-state index in [1.165, 1.54) is 4.31 Å². The van der Waals surface area contributed by atoms with Crippen LogP contribution in [0.2, 0.25) is 0 Å². The van der Waals surface area contributed by atoms with Crippen LogP contribution < -0.4 is 10.0 Å². The molecular weight excluding hydrogens is 244 g/mol. The quantitative estimate of drug-likeness (QED) is 0.741. The fourth-order valence-corrected chi connectivity index (χ4v) is 2.76. The van der Waals surface area contributed by atoms with Crippen LogP contribution in [0.1, 0.15) is 11.7 Å².